The van der Waals surface area contributed by atoms with Gasteiger partial charge in [0.25, 0.3) is 0 Å². The number of amides is 1. The van der Waals surface area contributed by atoms with Gasteiger partial charge in [-0.1, -0.05) is 54.6 Å². The summed E-state index contributed by atoms with van der Waals surface area (Å²) in [6.45, 7) is 1.56. The number of nitrogens with zero attached hydrogens (tertiary/aromatic N) is 1. The highest BCUT2D eigenvalue weighted by molar-refractivity contribution is 6.05. The molecule has 3 aromatic carbocycles. The molecular weight excluding hydrogens is 412 g/mol. The summed E-state index contributed by atoms with van der Waals surface area (Å²) < 4.78 is 5.29. The number of rotatable bonds is 3. The Balaban J connectivity index is 1.66. The summed E-state index contributed by atoms with van der Waals surface area (Å²) in [4.78, 5) is 28.5. The van der Waals surface area contributed by atoms with Crippen molar-refractivity contribution >= 4 is 23.1 Å². The van der Waals surface area contributed by atoms with Gasteiger partial charge in [-0.2, -0.15) is 0 Å². The number of benzene rings is 3. The Labute approximate surface area is 193 Å². The number of fused-ring (bicyclic) bond motifs is 1. The number of ketones is 1. The van der Waals surface area contributed by atoms with Gasteiger partial charge in [0.2, 0.25) is 5.91 Å². The second-order valence-corrected chi connectivity index (χ2v) is 8.54. The summed E-state index contributed by atoms with van der Waals surface area (Å²) in [6.07, 6.45) is 1.09. The van der Waals surface area contributed by atoms with Crippen LogP contribution < -0.4 is 15.0 Å². The first kappa shape index (κ1) is 21.0. The van der Waals surface area contributed by atoms with E-state index in [1.807, 2.05) is 78.9 Å². The van der Waals surface area contributed by atoms with Crippen molar-refractivity contribution in [1.29, 1.82) is 0 Å². The number of nitrogens with one attached hydrogen (secondary N) is 1. The Bertz CT molecular complexity index is 1230. The number of para-hydroxylation sites is 2. The molecule has 0 radical (unpaired) electrons. The summed E-state index contributed by atoms with van der Waals surface area (Å²) in [6, 6.07) is 25.0. The number of carbonyl (C=O) groups is 2. The van der Waals surface area contributed by atoms with E-state index in [0.717, 1.165) is 33.9 Å². The number of hydrogen-bond acceptors (Lipinski definition) is 4. The van der Waals surface area contributed by atoms with Gasteiger partial charge in [-0.3, -0.25) is 14.5 Å². The van der Waals surface area contributed by atoms with Gasteiger partial charge in [0.15, 0.2) is 5.78 Å². The first-order chi connectivity index (χ1) is 16.1. The molecule has 166 valence electrons. The van der Waals surface area contributed by atoms with Crippen LogP contribution in [0.3, 0.4) is 0 Å². The quantitative estimate of drug-likeness (QED) is 0.577. The van der Waals surface area contributed by atoms with Crippen LogP contribution in [0.2, 0.25) is 0 Å². The van der Waals surface area contributed by atoms with Crippen LogP contribution in [0.25, 0.3) is 0 Å². The van der Waals surface area contributed by atoms with Crippen molar-refractivity contribution in [3.05, 3.63) is 101 Å². The maximum atomic E-state index is 13.7. The molecule has 1 aliphatic carbocycles. The van der Waals surface area contributed by atoms with E-state index in [-0.39, 0.29) is 17.6 Å². The molecular formula is C28H26N2O3. The molecule has 0 fully saturated rings. The van der Waals surface area contributed by atoms with Crippen LogP contribution in [0.1, 0.15) is 42.9 Å². The maximum absolute atomic E-state index is 13.7. The SMILES string of the molecule is COc1ccc([C@@H]2CC(=O)C3=C(C2)Nc2ccccc2N(C(C)=O)[C@@H]3c2ccccc2)cc1. The molecule has 2 atom stereocenters. The summed E-state index contributed by atoms with van der Waals surface area (Å²) in [5.74, 6) is 0.820. The number of allylic oxidation sites excluding steroid dienone is 1. The van der Waals surface area contributed by atoms with Crippen LogP contribution in [-0.4, -0.2) is 18.8 Å². The number of ether oxygens (including phenoxy) is 1. The lowest BCUT2D eigenvalue weighted by Crippen LogP contribution is -2.37. The molecule has 5 rings (SSSR count). The monoisotopic (exact) mass is 438 g/mol. The number of carbonyl (C=O) groups excluding carboxylic acids is 2. The summed E-state index contributed by atoms with van der Waals surface area (Å²) in [7, 11) is 1.65. The summed E-state index contributed by atoms with van der Waals surface area (Å²) in [5, 5.41) is 3.54. The van der Waals surface area contributed by atoms with E-state index in [9.17, 15) is 9.59 Å². The van der Waals surface area contributed by atoms with Crippen LogP contribution in [0.15, 0.2) is 90.1 Å². The molecule has 0 unspecified atom stereocenters. The fraction of sp³-hybridized carbons (Fsp3) is 0.214. The zero-order valence-electron chi connectivity index (χ0n) is 18.7. The largest absolute Gasteiger partial charge is 0.497 e. The van der Waals surface area contributed by atoms with E-state index in [4.69, 9.17) is 4.74 Å². The third kappa shape index (κ3) is 3.80. The number of Topliss-reactive ketones (excluding diaryl/α,β-unsaturated/α-hetero) is 1. The van der Waals surface area contributed by atoms with E-state index in [0.29, 0.717) is 18.4 Å². The fourth-order valence-electron chi connectivity index (χ4n) is 5.00. The molecule has 3 aromatic rings. The van der Waals surface area contributed by atoms with Crippen LogP contribution in [0, 0.1) is 0 Å². The molecule has 1 amide bonds. The second-order valence-electron chi connectivity index (χ2n) is 8.54. The van der Waals surface area contributed by atoms with E-state index in [1.54, 1.807) is 18.9 Å². The second kappa shape index (κ2) is 8.58. The molecule has 0 spiro atoms. The van der Waals surface area contributed by atoms with Crippen LogP contribution in [-0.2, 0) is 9.59 Å². The van der Waals surface area contributed by atoms with Crippen molar-refractivity contribution in [1.82, 2.24) is 0 Å². The first-order valence-corrected chi connectivity index (χ1v) is 11.2. The maximum Gasteiger partial charge on any atom is 0.224 e. The smallest absolute Gasteiger partial charge is 0.224 e. The van der Waals surface area contributed by atoms with Crippen molar-refractivity contribution in [2.24, 2.45) is 0 Å². The Hall–Kier alpha value is -3.86. The van der Waals surface area contributed by atoms with Crippen molar-refractivity contribution in [2.45, 2.75) is 31.7 Å². The van der Waals surface area contributed by atoms with E-state index < -0.39 is 6.04 Å². The zero-order valence-corrected chi connectivity index (χ0v) is 18.7. The van der Waals surface area contributed by atoms with Gasteiger partial charge in [-0.25, -0.2) is 0 Å². The normalized spacial score (nSPS) is 19.8. The minimum absolute atomic E-state index is 0.0575. The van der Waals surface area contributed by atoms with Gasteiger partial charge in [0.1, 0.15) is 5.75 Å². The molecule has 1 aliphatic heterocycles. The van der Waals surface area contributed by atoms with Crippen molar-refractivity contribution in [3.8, 4) is 5.75 Å². The first-order valence-electron chi connectivity index (χ1n) is 11.2. The average Bonchev–Trinajstić information content (AvgIpc) is 2.99. The topological polar surface area (TPSA) is 58.6 Å². The van der Waals surface area contributed by atoms with Crippen LogP contribution >= 0.6 is 0 Å². The number of methoxy groups -OCH3 is 1. The molecule has 0 aromatic heterocycles. The summed E-state index contributed by atoms with van der Waals surface area (Å²) in [5.41, 5.74) is 5.21. The number of hydrogen-bond donors (Lipinski definition) is 1. The van der Waals surface area contributed by atoms with Crippen molar-refractivity contribution < 1.29 is 14.3 Å². The van der Waals surface area contributed by atoms with Crippen molar-refractivity contribution in [2.75, 3.05) is 17.3 Å². The van der Waals surface area contributed by atoms with Crippen LogP contribution in [0.4, 0.5) is 11.4 Å². The molecule has 5 nitrogen and oxygen atoms in total. The van der Waals surface area contributed by atoms with E-state index >= 15 is 0 Å². The highest BCUT2D eigenvalue weighted by atomic mass is 16.5. The van der Waals surface area contributed by atoms with Crippen LogP contribution in [0.5, 0.6) is 5.75 Å². The Morgan fingerprint density at radius 2 is 1.61 bits per heavy atom. The molecule has 2 aliphatic rings. The van der Waals surface area contributed by atoms with Gasteiger partial charge < -0.3 is 10.1 Å². The molecule has 0 bridgehead atoms. The lowest BCUT2D eigenvalue weighted by molar-refractivity contribution is -0.117. The van der Waals surface area contributed by atoms with Gasteiger partial charge in [-0.05, 0) is 47.7 Å². The predicted octanol–water partition coefficient (Wildman–Crippen LogP) is 5.62. The minimum Gasteiger partial charge on any atom is -0.497 e. The highest BCUT2D eigenvalue weighted by Crippen LogP contribution is 2.47. The Kier molecular flexibility index (Phi) is 5.47. The minimum atomic E-state index is -0.473. The zero-order chi connectivity index (χ0) is 22.9. The fourth-order valence-corrected chi connectivity index (χ4v) is 5.00. The van der Waals surface area contributed by atoms with Gasteiger partial charge in [0, 0.05) is 24.6 Å². The third-order valence-corrected chi connectivity index (χ3v) is 6.53. The Morgan fingerprint density at radius 1 is 0.909 bits per heavy atom. The van der Waals surface area contributed by atoms with E-state index in [1.165, 1.54) is 0 Å². The average molecular weight is 439 g/mol. The van der Waals surface area contributed by atoms with Gasteiger partial charge in [0.05, 0.1) is 24.5 Å². The molecule has 1 heterocycles. The third-order valence-electron chi connectivity index (χ3n) is 6.53. The summed E-state index contributed by atoms with van der Waals surface area (Å²) >= 11 is 0. The lowest BCUT2D eigenvalue weighted by atomic mass is 9.78. The van der Waals surface area contributed by atoms with Crippen molar-refractivity contribution in [3.63, 3.8) is 0 Å². The molecule has 0 saturated carbocycles. The van der Waals surface area contributed by atoms with Gasteiger partial charge in [-0.15, -0.1) is 0 Å². The number of anilines is 2. The highest BCUT2D eigenvalue weighted by Gasteiger charge is 2.40. The van der Waals surface area contributed by atoms with E-state index in [2.05, 4.69) is 5.32 Å². The Morgan fingerprint density at radius 3 is 2.30 bits per heavy atom. The molecule has 5 heteroatoms. The lowest BCUT2D eigenvalue weighted by Gasteiger charge is -2.34. The predicted molar refractivity (Wildman–Crippen MR) is 129 cm³/mol. The molecule has 33 heavy (non-hydrogen) atoms. The standard InChI is InChI=1S/C28H26N2O3/c1-18(31)30-25-11-7-6-10-23(25)29-24-16-21(19-12-14-22(33-2)15-13-19)17-26(32)27(24)28(30)20-8-4-3-5-9-20/h3-15,21,28-29H,16-17H2,1-2H3/t21-,28+/m0/s1. The molecule has 1 N–H and O–H groups in total. The molecule has 0 saturated heterocycles. The van der Waals surface area contributed by atoms with Gasteiger partial charge >= 0.3 is 0 Å².